The zero-order valence-electron chi connectivity index (χ0n) is 14.8. The van der Waals surface area contributed by atoms with Crippen LogP contribution >= 0.6 is 11.6 Å². The first-order valence-electron chi connectivity index (χ1n) is 8.54. The third-order valence-corrected chi connectivity index (χ3v) is 4.52. The SMILES string of the molecule is CCOC(=O)CN1CCCN(C(=O)COc2ccc(Cl)c(C)c2)CC1. The first-order valence-corrected chi connectivity index (χ1v) is 8.92. The summed E-state index contributed by atoms with van der Waals surface area (Å²) in [6.07, 6.45) is 0.825. The molecule has 0 aromatic heterocycles. The van der Waals surface area contributed by atoms with Crippen molar-refractivity contribution >= 4 is 23.5 Å². The van der Waals surface area contributed by atoms with Gasteiger partial charge in [-0.15, -0.1) is 0 Å². The van der Waals surface area contributed by atoms with E-state index >= 15 is 0 Å². The number of hydrogen-bond donors (Lipinski definition) is 0. The molecule has 1 saturated heterocycles. The topological polar surface area (TPSA) is 59.1 Å². The highest BCUT2D eigenvalue weighted by molar-refractivity contribution is 6.31. The first kappa shape index (κ1) is 19.5. The standard InChI is InChI=1S/C18H25ClN2O4/c1-3-24-18(23)12-20-7-4-8-21(10-9-20)17(22)13-25-15-5-6-16(19)14(2)11-15/h5-6,11H,3-4,7-10,12-13H2,1-2H3. The summed E-state index contributed by atoms with van der Waals surface area (Å²) in [6, 6.07) is 5.33. The van der Waals surface area contributed by atoms with Crippen LogP contribution in [0.2, 0.25) is 5.02 Å². The van der Waals surface area contributed by atoms with Crippen LogP contribution in [-0.4, -0.2) is 67.6 Å². The van der Waals surface area contributed by atoms with E-state index in [2.05, 4.69) is 0 Å². The fraction of sp³-hybridized carbons (Fsp3) is 0.556. The van der Waals surface area contributed by atoms with Crippen LogP contribution < -0.4 is 4.74 Å². The molecule has 1 aliphatic heterocycles. The number of carbonyl (C=O) groups excluding carboxylic acids is 2. The minimum Gasteiger partial charge on any atom is -0.484 e. The summed E-state index contributed by atoms with van der Waals surface area (Å²) in [5.74, 6) is 0.364. The average Bonchev–Trinajstić information content (AvgIpc) is 2.81. The van der Waals surface area contributed by atoms with Crippen LogP contribution in [-0.2, 0) is 14.3 Å². The molecular weight excluding hydrogens is 344 g/mol. The van der Waals surface area contributed by atoms with Gasteiger partial charge in [-0.3, -0.25) is 14.5 Å². The highest BCUT2D eigenvalue weighted by Crippen LogP contribution is 2.21. The van der Waals surface area contributed by atoms with E-state index in [4.69, 9.17) is 21.1 Å². The lowest BCUT2D eigenvalue weighted by molar-refractivity contribution is -0.144. The Morgan fingerprint density at radius 2 is 2.00 bits per heavy atom. The minimum absolute atomic E-state index is 0.00104. The molecule has 6 nitrogen and oxygen atoms in total. The third kappa shape index (κ3) is 6.21. The molecule has 2 rings (SSSR count). The summed E-state index contributed by atoms with van der Waals surface area (Å²) >= 11 is 5.98. The summed E-state index contributed by atoms with van der Waals surface area (Å²) in [6.45, 7) is 7.04. The Kier molecular flexibility index (Phi) is 7.52. The van der Waals surface area contributed by atoms with E-state index in [0.29, 0.717) is 37.0 Å². The lowest BCUT2D eigenvalue weighted by Crippen LogP contribution is -2.39. The zero-order chi connectivity index (χ0) is 18.2. The van der Waals surface area contributed by atoms with Crippen molar-refractivity contribution in [2.75, 3.05) is 45.9 Å². The van der Waals surface area contributed by atoms with E-state index < -0.39 is 0 Å². The van der Waals surface area contributed by atoms with Crippen LogP contribution in [0.5, 0.6) is 5.75 Å². The maximum Gasteiger partial charge on any atom is 0.320 e. The van der Waals surface area contributed by atoms with Gasteiger partial charge in [0.15, 0.2) is 6.61 Å². The number of amides is 1. The maximum absolute atomic E-state index is 12.4. The highest BCUT2D eigenvalue weighted by atomic mass is 35.5. The normalized spacial score (nSPS) is 15.6. The fourth-order valence-electron chi connectivity index (χ4n) is 2.71. The predicted octanol–water partition coefficient (Wildman–Crippen LogP) is 2.12. The summed E-state index contributed by atoms with van der Waals surface area (Å²) in [4.78, 5) is 27.8. The molecule has 0 spiro atoms. The van der Waals surface area contributed by atoms with Crippen LogP contribution in [0.1, 0.15) is 18.9 Å². The van der Waals surface area contributed by atoms with Gasteiger partial charge in [-0.05, 0) is 44.0 Å². The zero-order valence-corrected chi connectivity index (χ0v) is 15.6. The number of hydrogen-bond acceptors (Lipinski definition) is 5. The molecule has 0 unspecified atom stereocenters. The number of rotatable bonds is 6. The molecular formula is C18H25ClN2O4. The van der Waals surface area contributed by atoms with Gasteiger partial charge in [-0.2, -0.15) is 0 Å². The van der Waals surface area contributed by atoms with Crippen LogP contribution in [0.25, 0.3) is 0 Å². The molecule has 0 saturated carbocycles. The molecule has 0 bridgehead atoms. The molecule has 0 atom stereocenters. The lowest BCUT2D eigenvalue weighted by Gasteiger charge is -2.21. The number of carbonyl (C=O) groups is 2. The fourth-order valence-corrected chi connectivity index (χ4v) is 2.83. The van der Waals surface area contributed by atoms with Gasteiger partial charge < -0.3 is 14.4 Å². The number of benzene rings is 1. The Hall–Kier alpha value is -1.79. The van der Waals surface area contributed by atoms with Crippen molar-refractivity contribution in [2.45, 2.75) is 20.3 Å². The lowest BCUT2D eigenvalue weighted by atomic mass is 10.2. The van der Waals surface area contributed by atoms with E-state index in [1.165, 1.54) is 0 Å². The van der Waals surface area contributed by atoms with Gasteiger partial charge in [0.2, 0.25) is 0 Å². The van der Waals surface area contributed by atoms with Crippen molar-refractivity contribution in [3.8, 4) is 5.75 Å². The second kappa shape index (κ2) is 9.63. The maximum atomic E-state index is 12.4. The quantitative estimate of drug-likeness (QED) is 0.720. The number of aryl methyl sites for hydroxylation is 1. The number of nitrogens with zero attached hydrogens (tertiary/aromatic N) is 2. The van der Waals surface area contributed by atoms with Crippen LogP contribution in [0.4, 0.5) is 0 Å². The molecule has 0 radical (unpaired) electrons. The Labute approximate surface area is 153 Å². The van der Waals surface area contributed by atoms with E-state index in [0.717, 1.165) is 18.5 Å². The number of esters is 1. The molecule has 138 valence electrons. The van der Waals surface area contributed by atoms with E-state index in [1.807, 2.05) is 17.9 Å². The van der Waals surface area contributed by atoms with E-state index in [-0.39, 0.29) is 25.0 Å². The second-order valence-electron chi connectivity index (χ2n) is 6.02. The van der Waals surface area contributed by atoms with Crippen molar-refractivity contribution in [3.63, 3.8) is 0 Å². The summed E-state index contributed by atoms with van der Waals surface area (Å²) < 4.78 is 10.6. The molecule has 1 aromatic rings. The van der Waals surface area contributed by atoms with Gasteiger partial charge in [0.1, 0.15) is 5.75 Å². The van der Waals surface area contributed by atoms with Crippen molar-refractivity contribution in [2.24, 2.45) is 0 Å². The molecule has 0 aliphatic carbocycles. The van der Waals surface area contributed by atoms with E-state index in [1.54, 1.807) is 24.0 Å². The van der Waals surface area contributed by atoms with Crippen molar-refractivity contribution < 1.29 is 19.1 Å². The smallest absolute Gasteiger partial charge is 0.320 e. The van der Waals surface area contributed by atoms with Gasteiger partial charge >= 0.3 is 5.97 Å². The van der Waals surface area contributed by atoms with Crippen molar-refractivity contribution in [1.29, 1.82) is 0 Å². The third-order valence-electron chi connectivity index (χ3n) is 4.09. The molecule has 7 heteroatoms. The summed E-state index contributed by atoms with van der Waals surface area (Å²) in [5, 5.41) is 0.674. The molecule has 1 heterocycles. The molecule has 25 heavy (non-hydrogen) atoms. The first-order chi connectivity index (χ1) is 12.0. The summed E-state index contributed by atoms with van der Waals surface area (Å²) in [5.41, 5.74) is 0.913. The van der Waals surface area contributed by atoms with Gasteiger partial charge in [0.25, 0.3) is 5.91 Å². The van der Waals surface area contributed by atoms with Gasteiger partial charge in [-0.25, -0.2) is 0 Å². The Balaban J connectivity index is 1.80. The highest BCUT2D eigenvalue weighted by Gasteiger charge is 2.21. The average molecular weight is 369 g/mol. The monoisotopic (exact) mass is 368 g/mol. The van der Waals surface area contributed by atoms with Crippen LogP contribution in [0.3, 0.4) is 0 Å². The van der Waals surface area contributed by atoms with Gasteiger partial charge in [-0.1, -0.05) is 11.6 Å². The van der Waals surface area contributed by atoms with Crippen LogP contribution in [0, 0.1) is 6.92 Å². The Bertz CT molecular complexity index is 609. The Morgan fingerprint density at radius 3 is 2.72 bits per heavy atom. The van der Waals surface area contributed by atoms with Gasteiger partial charge in [0, 0.05) is 31.2 Å². The van der Waals surface area contributed by atoms with Gasteiger partial charge in [0.05, 0.1) is 13.2 Å². The molecule has 1 amide bonds. The minimum atomic E-state index is -0.219. The molecule has 0 N–H and O–H groups in total. The number of ether oxygens (including phenoxy) is 2. The second-order valence-corrected chi connectivity index (χ2v) is 6.42. The van der Waals surface area contributed by atoms with Crippen molar-refractivity contribution in [1.82, 2.24) is 9.80 Å². The molecule has 1 aliphatic rings. The van der Waals surface area contributed by atoms with Crippen LogP contribution in [0.15, 0.2) is 18.2 Å². The summed E-state index contributed by atoms with van der Waals surface area (Å²) in [7, 11) is 0. The van der Waals surface area contributed by atoms with Crippen molar-refractivity contribution in [3.05, 3.63) is 28.8 Å². The number of halogens is 1. The molecule has 1 fully saturated rings. The predicted molar refractivity (Wildman–Crippen MR) is 96.0 cm³/mol. The largest absolute Gasteiger partial charge is 0.484 e. The molecule has 1 aromatic carbocycles. The Morgan fingerprint density at radius 1 is 1.20 bits per heavy atom. The van der Waals surface area contributed by atoms with E-state index in [9.17, 15) is 9.59 Å².